The molecule has 0 bridgehead atoms. The quantitative estimate of drug-likeness (QED) is 0.444. The number of ether oxygens (including phenoxy) is 2. The van der Waals surface area contributed by atoms with Gasteiger partial charge in [-0.3, -0.25) is 0 Å². The van der Waals surface area contributed by atoms with Crippen LogP contribution >= 0.6 is 0 Å². The maximum atomic E-state index is 11.9. The average molecular weight is 289 g/mol. The fraction of sp³-hybridized carbons (Fsp3) is 0.375. The number of carbonyl (C=O) groups excluding carboxylic acids is 1. The summed E-state index contributed by atoms with van der Waals surface area (Å²) in [5.74, 6) is -0.0586. The first kappa shape index (κ1) is 15.3. The van der Waals surface area contributed by atoms with Gasteiger partial charge < -0.3 is 13.9 Å². The molecule has 1 aromatic carbocycles. The molecule has 0 aliphatic heterocycles. The van der Waals surface area contributed by atoms with Gasteiger partial charge in [0, 0.05) is 0 Å². The second-order valence-corrected chi connectivity index (χ2v) is 4.69. The Hall–Kier alpha value is -2.14. The first-order valence-corrected chi connectivity index (χ1v) is 6.90. The molecular weight excluding hydrogens is 270 g/mol. The van der Waals surface area contributed by atoms with Crippen LogP contribution in [0.3, 0.4) is 0 Å². The van der Waals surface area contributed by atoms with E-state index in [4.69, 9.17) is 13.9 Å². The van der Waals surface area contributed by atoms with Gasteiger partial charge in [-0.2, -0.15) is 0 Å². The third-order valence-corrected chi connectivity index (χ3v) is 2.97. The Kier molecular flexibility index (Phi) is 5.11. The van der Waals surface area contributed by atoms with Crippen LogP contribution in [-0.4, -0.2) is 23.7 Å². The molecule has 0 fully saturated rings. The lowest BCUT2D eigenvalue weighted by Crippen LogP contribution is -2.25. The molecule has 0 saturated carbocycles. The summed E-state index contributed by atoms with van der Waals surface area (Å²) >= 11 is 0. The molecule has 2 rings (SSSR count). The lowest BCUT2D eigenvalue weighted by atomic mass is 10.3. The fourth-order valence-electron chi connectivity index (χ4n) is 1.78. The zero-order valence-electron chi connectivity index (χ0n) is 12.2. The summed E-state index contributed by atoms with van der Waals surface area (Å²) in [6.45, 7) is 7.41. The second kappa shape index (κ2) is 7.04. The number of oxazole rings is 1. The summed E-state index contributed by atoms with van der Waals surface area (Å²) in [5.41, 5.74) is 1.41. The molecule has 2 atom stereocenters. The van der Waals surface area contributed by atoms with E-state index < -0.39 is 18.2 Å². The van der Waals surface area contributed by atoms with Gasteiger partial charge in [0.2, 0.25) is 5.89 Å². The predicted octanol–water partition coefficient (Wildman–Crippen LogP) is 3.41. The Balaban J connectivity index is 1.95. The average Bonchev–Trinajstić information content (AvgIpc) is 2.91. The number of fused-ring (bicyclic) bond motifs is 1. The van der Waals surface area contributed by atoms with Gasteiger partial charge in [-0.15, -0.1) is 6.58 Å². The first-order chi connectivity index (χ1) is 10.1. The molecule has 0 aliphatic carbocycles. The molecule has 5 heteroatoms. The van der Waals surface area contributed by atoms with Crippen LogP contribution in [0.5, 0.6) is 0 Å². The number of carbonyl (C=O) groups is 1. The zero-order chi connectivity index (χ0) is 15.2. The van der Waals surface area contributed by atoms with Crippen molar-refractivity contribution in [2.45, 2.75) is 32.5 Å². The SMILES string of the molecule is C=CCCO[C@H](C)C(=O)O[C@@H](C)c1nc2ccccc2o1. The van der Waals surface area contributed by atoms with Gasteiger partial charge in [-0.25, -0.2) is 9.78 Å². The molecule has 0 unspecified atom stereocenters. The highest BCUT2D eigenvalue weighted by Crippen LogP contribution is 2.22. The van der Waals surface area contributed by atoms with Gasteiger partial charge in [0.1, 0.15) is 5.52 Å². The summed E-state index contributed by atoms with van der Waals surface area (Å²) < 4.78 is 16.2. The maximum Gasteiger partial charge on any atom is 0.335 e. The predicted molar refractivity (Wildman–Crippen MR) is 78.7 cm³/mol. The van der Waals surface area contributed by atoms with Gasteiger partial charge in [-0.1, -0.05) is 18.2 Å². The molecule has 0 aliphatic rings. The van der Waals surface area contributed by atoms with Crippen LogP contribution in [0.25, 0.3) is 11.1 Å². The van der Waals surface area contributed by atoms with Crippen molar-refractivity contribution in [1.82, 2.24) is 4.98 Å². The van der Waals surface area contributed by atoms with Gasteiger partial charge in [0.25, 0.3) is 0 Å². The molecule has 0 saturated heterocycles. The van der Waals surface area contributed by atoms with E-state index in [2.05, 4.69) is 11.6 Å². The van der Waals surface area contributed by atoms with E-state index in [-0.39, 0.29) is 0 Å². The van der Waals surface area contributed by atoms with E-state index in [1.807, 2.05) is 24.3 Å². The largest absolute Gasteiger partial charge is 0.451 e. The molecule has 5 nitrogen and oxygen atoms in total. The number of esters is 1. The van der Waals surface area contributed by atoms with Crippen LogP contribution in [0.2, 0.25) is 0 Å². The van der Waals surface area contributed by atoms with Crippen LogP contribution < -0.4 is 0 Å². The van der Waals surface area contributed by atoms with E-state index in [9.17, 15) is 4.79 Å². The Morgan fingerprint density at radius 3 is 2.90 bits per heavy atom. The van der Waals surface area contributed by atoms with Crippen molar-refractivity contribution in [3.63, 3.8) is 0 Å². The molecule has 0 N–H and O–H groups in total. The summed E-state index contributed by atoms with van der Waals surface area (Å²) in [7, 11) is 0. The Labute approximate surface area is 123 Å². The Morgan fingerprint density at radius 1 is 1.43 bits per heavy atom. The van der Waals surface area contributed by atoms with E-state index in [0.29, 0.717) is 24.5 Å². The van der Waals surface area contributed by atoms with Gasteiger partial charge in [-0.05, 0) is 32.4 Å². The van der Waals surface area contributed by atoms with E-state index in [1.54, 1.807) is 19.9 Å². The van der Waals surface area contributed by atoms with Crippen molar-refractivity contribution in [2.75, 3.05) is 6.61 Å². The number of nitrogens with zero attached hydrogens (tertiary/aromatic N) is 1. The molecule has 0 radical (unpaired) electrons. The molecule has 112 valence electrons. The van der Waals surface area contributed by atoms with Crippen molar-refractivity contribution < 1.29 is 18.7 Å². The lowest BCUT2D eigenvalue weighted by Gasteiger charge is -2.14. The molecule has 1 heterocycles. The monoisotopic (exact) mass is 289 g/mol. The van der Waals surface area contributed by atoms with Crippen LogP contribution in [0.4, 0.5) is 0 Å². The molecule has 0 amide bonds. The third-order valence-electron chi connectivity index (χ3n) is 2.97. The number of hydrogen-bond donors (Lipinski definition) is 0. The van der Waals surface area contributed by atoms with Crippen molar-refractivity contribution in [1.29, 1.82) is 0 Å². The molecule has 1 aromatic heterocycles. The highest BCUT2D eigenvalue weighted by Gasteiger charge is 2.22. The number of para-hydroxylation sites is 2. The first-order valence-electron chi connectivity index (χ1n) is 6.90. The van der Waals surface area contributed by atoms with Crippen molar-refractivity contribution >= 4 is 17.1 Å². The topological polar surface area (TPSA) is 61.6 Å². The summed E-state index contributed by atoms with van der Waals surface area (Å²) in [6, 6.07) is 7.41. The minimum absolute atomic E-state index is 0.378. The fourth-order valence-corrected chi connectivity index (χ4v) is 1.78. The smallest absolute Gasteiger partial charge is 0.335 e. The molecular formula is C16H19NO4. The number of benzene rings is 1. The van der Waals surface area contributed by atoms with Crippen LogP contribution in [0, 0.1) is 0 Å². The third kappa shape index (κ3) is 3.92. The van der Waals surface area contributed by atoms with Gasteiger partial charge in [0.15, 0.2) is 17.8 Å². The van der Waals surface area contributed by atoms with Crippen LogP contribution in [0.15, 0.2) is 41.3 Å². The maximum absolute atomic E-state index is 11.9. The number of hydrogen-bond acceptors (Lipinski definition) is 5. The van der Waals surface area contributed by atoms with Crippen LogP contribution in [-0.2, 0) is 14.3 Å². The normalized spacial score (nSPS) is 13.8. The summed E-state index contributed by atoms with van der Waals surface area (Å²) in [4.78, 5) is 16.2. The van der Waals surface area contributed by atoms with Crippen molar-refractivity contribution in [3.8, 4) is 0 Å². The Morgan fingerprint density at radius 2 is 2.19 bits per heavy atom. The lowest BCUT2D eigenvalue weighted by molar-refractivity contribution is -0.162. The van der Waals surface area contributed by atoms with Crippen LogP contribution in [0.1, 0.15) is 32.3 Å². The second-order valence-electron chi connectivity index (χ2n) is 4.69. The minimum Gasteiger partial charge on any atom is -0.451 e. The highest BCUT2D eigenvalue weighted by atomic mass is 16.6. The standard InChI is InChI=1S/C16H19NO4/c1-4-5-10-19-12(3)16(18)20-11(2)15-17-13-8-6-7-9-14(13)21-15/h4,6-9,11-12H,1,5,10H2,2-3H3/t11-,12+/m0/s1. The van der Waals surface area contributed by atoms with E-state index in [1.165, 1.54) is 0 Å². The molecule has 0 spiro atoms. The summed E-state index contributed by atoms with van der Waals surface area (Å²) in [6.07, 6.45) is 1.24. The zero-order valence-corrected chi connectivity index (χ0v) is 12.2. The number of aromatic nitrogens is 1. The van der Waals surface area contributed by atoms with Gasteiger partial charge >= 0.3 is 5.97 Å². The molecule has 2 aromatic rings. The van der Waals surface area contributed by atoms with E-state index in [0.717, 1.165) is 5.52 Å². The highest BCUT2D eigenvalue weighted by molar-refractivity contribution is 5.75. The van der Waals surface area contributed by atoms with E-state index >= 15 is 0 Å². The van der Waals surface area contributed by atoms with Crippen molar-refractivity contribution in [3.05, 3.63) is 42.8 Å². The van der Waals surface area contributed by atoms with Gasteiger partial charge in [0.05, 0.1) is 6.61 Å². The van der Waals surface area contributed by atoms with Crippen molar-refractivity contribution in [2.24, 2.45) is 0 Å². The Bertz CT molecular complexity index is 587. The minimum atomic E-state index is -0.628. The summed E-state index contributed by atoms with van der Waals surface area (Å²) in [5, 5.41) is 0. The number of rotatable bonds is 7. The molecule has 21 heavy (non-hydrogen) atoms.